The molecule has 8 heteroatoms. The van der Waals surface area contributed by atoms with E-state index >= 15 is 0 Å². The number of nitro benzene ring substituents is 1. The number of halogens is 1. The van der Waals surface area contributed by atoms with Crippen LogP contribution < -0.4 is 15.6 Å². The van der Waals surface area contributed by atoms with E-state index in [0.717, 1.165) is 29.7 Å². The lowest BCUT2D eigenvalue weighted by atomic mass is 9.96. The Morgan fingerprint density at radius 1 is 1.11 bits per heavy atom. The van der Waals surface area contributed by atoms with Crippen LogP contribution in [0.15, 0.2) is 59.4 Å². The Kier molecular flexibility index (Phi) is 6.41. The third kappa shape index (κ3) is 4.66. The summed E-state index contributed by atoms with van der Waals surface area (Å²) in [6.45, 7) is 4.26. The van der Waals surface area contributed by atoms with Crippen molar-refractivity contribution in [3.63, 3.8) is 0 Å². The van der Waals surface area contributed by atoms with Gasteiger partial charge in [-0.2, -0.15) is 0 Å². The van der Waals surface area contributed by atoms with E-state index in [2.05, 4.69) is 22.4 Å². The number of rotatable bonds is 6. The van der Waals surface area contributed by atoms with E-state index in [1.165, 1.54) is 17.7 Å². The number of ether oxygens (including phenoxy) is 1. The molecule has 36 heavy (non-hydrogen) atoms. The van der Waals surface area contributed by atoms with Crippen molar-refractivity contribution < 1.29 is 9.66 Å². The number of aromatic amines is 1. The molecule has 3 aromatic carbocycles. The SMILES string of the molecule is Cc1cc(C)cc(-c2c(OCCC3CCc4ccccc4N3)c3cc([N+](=O)[O-])c(Cl)cc3[nH]c2=O)c1. The monoisotopic (exact) mass is 503 g/mol. The predicted octanol–water partition coefficient (Wildman–Crippen LogP) is 6.57. The van der Waals surface area contributed by atoms with E-state index in [1.54, 1.807) is 0 Å². The first kappa shape index (κ1) is 23.9. The molecule has 5 rings (SSSR count). The summed E-state index contributed by atoms with van der Waals surface area (Å²) in [4.78, 5) is 27.2. The molecule has 0 spiro atoms. The number of aryl methyl sites for hydroxylation is 3. The van der Waals surface area contributed by atoms with Gasteiger partial charge in [0.2, 0.25) is 0 Å². The summed E-state index contributed by atoms with van der Waals surface area (Å²) in [7, 11) is 0. The van der Waals surface area contributed by atoms with Crippen molar-refractivity contribution in [2.45, 2.75) is 39.2 Å². The molecule has 1 aliphatic rings. The lowest BCUT2D eigenvalue weighted by Crippen LogP contribution is -2.27. The van der Waals surface area contributed by atoms with E-state index in [0.29, 0.717) is 40.8 Å². The van der Waals surface area contributed by atoms with Crippen molar-refractivity contribution in [2.75, 3.05) is 11.9 Å². The van der Waals surface area contributed by atoms with Gasteiger partial charge in [0.1, 0.15) is 10.8 Å². The zero-order valence-electron chi connectivity index (χ0n) is 20.1. The highest BCUT2D eigenvalue weighted by molar-refractivity contribution is 6.33. The van der Waals surface area contributed by atoms with Gasteiger partial charge in [-0.1, -0.05) is 59.1 Å². The number of nitrogens with one attached hydrogen (secondary N) is 2. The molecule has 0 amide bonds. The van der Waals surface area contributed by atoms with Gasteiger partial charge in [0.15, 0.2) is 0 Å². The minimum Gasteiger partial charge on any atom is -0.492 e. The summed E-state index contributed by atoms with van der Waals surface area (Å²) in [5.74, 6) is 0.328. The number of H-pyrrole nitrogens is 1. The van der Waals surface area contributed by atoms with Gasteiger partial charge >= 0.3 is 0 Å². The fraction of sp³-hybridized carbons (Fsp3) is 0.250. The number of nitrogens with zero attached hydrogens (tertiary/aromatic N) is 1. The Morgan fingerprint density at radius 2 is 1.86 bits per heavy atom. The average molecular weight is 504 g/mol. The first-order valence-corrected chi connectivity index (χ1v) is 12.3. The first-order valence-electron chi connectivity index (χ1n) is 11.9. The highest BCUT2D eigenvalue weighted by atomic mass is 35.5. The second kappa shape index (κ2) is 9.66. The number of fused-ring (bicyclic) bond motifs is 2. The van der Waals surface area contributed by atoms with Gasteiger partial charge in [-0.05, 0) is 49.9 Å². The van der Waals surface area contributed by atoms with Crippen LogP contribution in [-0.4, -0.2) is 22.6 Å². The summed E-state index contributed by atoms with van der Waals surface area (Å²) in [6, 6.07) is 17.1. The van der Waals surface area contributed by atoms with E-state index in [1.807, 2.05) is 44.2 Å². The van der Waals surface area contributed by atoms with Gasteiger partial charge in [0.05, 0.1) is 22.6 Å². The number of aromatic nitrogens is 1. The second-order valence-electron chi connectivity index (χ2n) is 9.32. The fourth-order valence-corrected chi connectivity index (χ4v) is 5.20. The van der Waals surface area contributed by atoms with Crippen LogP contribution in [0.1, 0.15) is 29.5 Å². The molecule has 2 heterocycles. The number of anilines is 1. The predicted molar refractivity (Wildman–Crippen MR) is 143 cm³/mol. The van der Waals surface area contributed by atoms with Crippen LogP contribution >= 0.6 is 11.6 Å². The number of pyridine rings is 1. The van der Waals surface area contributed by atoms with Crippen LogP contribution in [-0.2, 0) is 6.42 Å². The van der Waals surface area contributed by atoms with Crippen LogP contribution in [0.4, 0.5) is 11.4 Å². The van der Waals surface area contributed by atoms with Gasteiger partial charge in [0.25, 0.3) is 11.2 Å². The maximum absolute atomic E-state index is 13.3. The standard InChI is InChI=1S/C28H26ClN3O4/c1-16-11-17(2)13-19(12-16)26-27(21-14-25(32(34)35)22(29)15-24(21)31-28(26)33)36-10-9-20-8-7-18-5-3-4-6-23(18)30-20/h3-6,11-15,20,30H,7-10H2,1-2H3,(H,31,33). The van der Waals surface area contributed by atoms with E-state index < -0.39 is 4.92 Å². The quantitative estimate of drug-likeness (QED) is 0.229. The maximum Gasteiger partial charge on any atom is 0.288 e. The Bertz CT molecular complexity index is 1530. The van der Waals surface area contributed by atoms with Gasteiger partial charge in [-0.15, -0.1) is 0 Å². The molecular weight excluding hydrogens is 478 g/mol. The van der Waals surface area contributed by atoms with Crippen molar-refractivity contribution in [1.82, 2.24) is 4.98 Å². The van der Waals surface area contributed by atoms with Crippen molar-refractivity contribution in [3.05, 3.63) is 96.8 Å². The Balaban J connectivity index is 1.54. The molecule has 1 aromatic heterocycles. The number of hydrogen-bond acceptors (Lipinski definition) is 5. The van der Waals surface area contributed by atoms with Gasteiger partial charge in [-0.25, -0.2) is 0 Å². The minimum absolute atomic E-state index is 0.0432. The summed E-state index contributed by atoms with van der Waals surface area (Å²) in [5.41, 5.74) is 5.32. The Labute approximate surface area is 213 Å². The van der Waals surface area contributed by atoms with Crippen LogP contribution in [0.3, 0.4) is 0 Å². The molecule has 1 unspecified atom stereocenters. The molecule has 0 saturated carbocycles. The molecule has 4 aromatic rings. The van der Waals surface area contributed by atoms with Crippen molar-refractivity contribution in [2.24, 2.45) is 0 Å². The summed E-state index contributed by atoms with van der Waals surface area (Å²) >= 11 is 6.14. The fourth-order valence-electron chi connectivity index (χ4n) is 4.97. The van der Waals surface area contributed by atoms with Crippen LogP contribution in [0.2, 0.25) is 5.02 Å². The molecule has 0 fully saturated rings. The highest BCUT2D eigenvalue weighted by Gasteiger charge is 2.23. The summed E-state index contributed by atoms with van der Waals surface area (Å²) in [5, 5.41) is 15.6. The van der Waals surface area contributed by atoms with E-state index in [4.69, 9.17) is 16.3 Å². The number of para-hydroxylation sites is 1. The number of hydrogen-bond donors (Lipinski definition) is 2. The molecule has 0 radical (unpaired) electrons. The number of benzene rings is 3. The maximum atomic E-state index is 13.3. The van der Waals surface area contributed by atoms with Crippen molar-refractivity contribution in [1.29, 1.82) is 0 Å². The van der Waals surface area contributed by atoms with Crippen molar-refractivity contribution in [3.8, 4) is 16.9 Å². The average Bonchev–Trinajstić information content (AvgIpc) is 2.82. The topological polar surface area (TPSA) is 97.3 Å². The van der Waals surface area contributed by atoms with E-state index in [-0.39, 0.29) is 22.3 Å². The van der Waals surface area contributed by atoms with Gasteiger partial charge in [-0.3, -0.25) is 14.9 Å². The third-order valence-corrected chi connectivity index (χ3v) is 6.90. The molecule has 2 N–H and O–H groups in total. The molecular formula is C28H26ClN3O4. The largest absolute Gasteiger partial charge is 0.492 e. The summed E-state index contributed by atoms with van der Waals surface area (Å²) < 4.78 is 6.31. The smallest absolute Gasteiger partial charge is 0.288 e. The van der Waals surface area contributed by atoms with Crippen LogP contribution in [0.25, 0.3) is 22.0 Å². The Morgan fingerprint density at radius 3 is 2.61 bits per heavy atom. The Hall–Kier alpha value is -3.84. The van der Waals surface area contributed by atoms with Crippen LogP contribution in [0, 0.1) is 24.0 Å². The number of nitro groups is 1. The lowest BCUT2D eigenvalue weighted by molar-refractivity contribution is -0.384. The minimum atomic E-state index is -0.531. The second-order valence-corrected chi connectivity index (χ2v) is 9.72. The zero-order valence-corrected chi connectivity index (χ0v) is 20.8. The molecule has 0 bridgehead atoms. The van der Waals surface area contributed by atoms with E-state index in [9.17, 15) is 14.9 Å². The normalized spacial score (nSPS) is 14.8. The van der Waals surface area contributed by atoms with Gasteiger partial charge < -0.3 is 15.0 Å². The van der Waals surface area contributed by atoms with Crippen molar-refractivity contribution >= 4 is 33.9 Å². The lowest BCUT2D eigenvalue weighted by Gasteiger charge is -2.27. The highest BCUT2D eigenvalue weighted by Crippen LogP contribution is 2.38. The van der Waals surface area contributed by atoms with Crippen LogP contribution in [0.5, 0.6) is 5.75 Å². The molecule has 1 atom stereocenters. The molecule has 0 saturated heterocycles. The molecule has 1 aliphatic heterocycles. The first-order chi connectivity index (χ1) is 17.3. The molecule has 0 aliphatic carbocycles. The zero-order chi connectivity index (χ0) is 25.4. The van der Waals surface area contributed by atoms with Gasteiger partial charge in [0, 0.05) is 29.6 Å². The third-order valence-electron chi connectivity index (χ3n) is 6.59. The summed E-state index contributed by atoms with van der Waals surface area (Å²) in [6.07, 6.45) is 2.67. The molecule has 7 nitrogen and oxygen atoms in total. The molecule has 184 valence electrons.